The highest BCUT2D eigenvalue weighted by Crippen LogP contribution is 2.29. The van der Waals surface area contributed by atoms with Crippen LogP contribution in [-0.2, 0) is 0 Å². The molecule has 0 aliphatic carbocycles. The van der Waals surface area contributed by atoms with Gasteiger partial charge in [-0.2, -0.15) is 0 Å². The largest absolute Gasteiger partial charge is 0.0648 e. The molecule has 0 amide bonds. The van der Waals surface area contributed by atoms with E-state index < -0.39 is 0 Å². The zero-order valence-electron chi connectivity index (χ0n) is 16.5. The van der Waals surface area contributed by atoms with Crippen LogP contribution in [0.25, 0.3) is 0 Å². The van der Waals surface area contributed by atoms with Crippen LogP contribution in [0.2, 0.25) is 0 Å². The molecule has 136 valence electrons. The summed E-state index contributed by atoms with van der Waals surface area (Å²) in [4.78, 5) is 0. The zero-order chi connectivity index (χ0) is 17.9. The molecule has 0 aromatic heterocycles. The second-order valence-corrected chi connectivity index (χ2v) is 7.81. The number of benzene rings is 2. The van der Waals surface area contributed by atoms with Crippen LogP contribution in [-0.4, -0.2) is 0 Å². The summed E-state index contributed by atoms with van der Waals surface area (Å²) in [6.45, 7) is 7.14. The highest BCUT2D eigenvalue weighted by atomic mass is 14.2. The molecular weight excluding hydrogens is 300 g/mol. The minimum absolute atomic E-state index is 0.696. The lowest BCUT2D eigenvalue weighted by Gasteiger charge is -2.20. The third kappa shape index (κ3) is 7.06. The quantitative estimate of drug-likeness (QED) is 0.365. The Kier molecular flexibility index (Phi) is 8.80. The highest BCUT2D eigenvalue weighted by Gasteiger charge is 2.13. The number of rotatable bonds is 11. The fraction of sp³-hybridized carbons (Fsp3) is 0.520. The Balaban J connectivity index is 1.62. The molecule has 2 aromatic carbocycles. The molecule has 3 atom stereocenters. The topological polar surface area (TPSA) is 0 Å². The molecule has 0 aliphatic heterocycles. The van der Waals surface area contributed by atoms with Gasteiger partial charge in [0.05, 0.1) is 0 Å². The summed E-state index contributed by atoms with van der Waals surface area (Å²) in [7, 11) is 0. The number of hydrogen-bond donors (Lipinski definition) is 0. The molecule has 2 rings (SSSR count). The maximum absolute atomic E-state index is 2.44. The van der Waals surface area contributed by atoms with Crippen molar-refractivity contribution < 1.29 is 0 Å². The van der Waals surface area contributed by atoms with Crippen molar-refractivity contribution in [3.8, 4) is 0 Å². The van der Waals surface area contributed by atoms with Gasteiger partial charge in [0.25, 0.3) is 0 Å². The van der Waals surface area contributed by atoms with Gasteiger partial charge in [0.15, 0.2) is 0 Å². The van der Waals surface area contributed by atoms with Gasteiger partial charge in [-0.05, 0) is 48.1 Å². The average molecular weight is 337 g/mol. The first-order valence-electron chi connectivity index (χ1n) is 10.3. The summed E-state index contributed by atoms with van der Waals surface area (Å²) in [5, 5.41) is 0. The van der Waals surface area contributed by atoms with E-state index in [0.29, 0.717) is 5.92 Å². The minimum Gasteiger partial charge on any atom is -0.0648 e. The fourth-order valence-electron chi connectivity index (χ4n) is 3.94. The van der Waals surface area contributed by atoms with Crippen molar-refractivity contribution in [2.75, 3.05) is 0 Å². The summed E-state index contributed by atoms with van der Waals surface area (Å²) in [6.07, 6.45) is 9.41. The Bertz CT molecular complexity index is 557. The third-order valence-corrected chi connectivity index (χ3v) is 5.65. The van der Waals surface area contributed by atoms with E-state index in [1.54, 1.807) is 0 Å². The van der Waals surface area contributed by atoms with E-state index in [4.69, 9.17) is 0 Å². The van der Waals surface area contributed by atoms with Crippen molar-refractivity contribution in [1.29, 1.82) is 0 Å². The second kappa shape index (κ2) is 11.1. The summed E-state index contributed by atoms with van der Waals surface area (Å²) in [5.41, 5.74) is 3.01. The lowest BCUT2D eigenvalue weighted by atomic mass is 9.85. The molecule has 25 heavy (non-hydrogen) atoms. The number of unbranched alkanes of at least 4 members (excludes halogenated alkanes) is 2. The maximum atomic E-state index is 2.44. The highest BCUT2D eigenvalue weighted by molar-refractivity contribution is 5.19. The normalized spacial score (nSPS) is 14.8. The average Bonchev–Trinajstić information content (AvgIpc) is 2.67. The lowest BCUT2D eigenvalue weighted by Crippen LogP contribution is -2.05. The molecule has 0 saturated heterocycles. The van der Waals surface area contributed by atoms with Crippen molar-refractivity contribution in [2.24, 2.45) is 5.92 Å². The second-order valence-electron chi connectivity index (χ2n) is 7.81. The Labute approximate surface area is 155 Å². The van der Waals surface area contributed by atoms with E-state index >= 15 is 0 Å². The van der Waals surface area contributed by atoms with Gasteiger partial charge in [0, 0.05) is 0 Å². The number of hydrogen-bond acceptors (Lipinski definition) is 0. The molecule has 0 heteroatoms. The zero-order valence-corrected chi connectivity index (χ0v) is 16.5. The van der Waals surface area contributed by atoms with Gasteiger partial charge >= 0.3 is 0 Å². The van der Waals surface area contributed by atoms with Crippen molar-refractivity contribution >= 4 is 0 Å². The molecule has 0 spiro atoms. The smallest absolute Gasteiger partial charge is 0.0162 e. The standard InChI is InChI=1S/C25H36/c1-4-23(25-18-12-7-13-19-25)20-21(2)14-8-5-9-15-22(3)24-16-10-6-11-17-24/h6-7,10-13,16-19,21-23H,4-5,8-9,14-15,20H2,1-3H3. The molecule has 0 saturated carbocycles. The fourth-order valence-corrected chi connectivity index (χ4v) is 3.94. The Morgan fingerprint density at radius 1 is 0.680 bits per heavy atom. The Morgan fingerprint density at radius 3 is 1.84 bits per heavy atom. The van der Waals surface area contributed by atoms with E-state index in [2.05, 4.69) is 81.4 Å². The molecule has 0 bridgehead atoms. The van der Waals surface area contributed by atoms with Gasteiger partial charge in [0.1, 0.15) is 0 Å². The first-order valence-corrected chi connectivity index (χ1v) is 10.3. The summed E-state index contributed by atoms with van der Waals surface area (Å²) in [5.74, 6) is 2.26. The van der Waals surface area contributed by atoms with E-state index in [-0.39, 0.29) is 0 Å². The van der Waals surface area contributed by atoms with Crippen LogP contribution in [0.5, 0.6) is 0 Å². The van der Waals surface area contributed by atoms with Crippen molar-refractivity contribution in [3.05, 3.63) is 71.8 Å². The molecule has 2 aromatic rings. The van der Waals surface area contributed by atoms with Crippen molar-refractivity contribution in [2.45, 2.75) is 77.6 Å². The van der Waals surface area contributed by atoms with Gasteiger partial charge in [0.2, 0.25) is 0 Å². The van der Waals surface area contributed by atoms with E-state index in [0.717, 1.165) is 11.8 Å². The third-order valence-electron chi connectivity index (χ3n) is 5.65. The summed E-state index contributed by atoms with van der Waals surface area (Å²) in [6, 6.07) is 22.0. The van der Waals surface area contributed by atoms with Gasteiger partial charge in [-0.25, -0.2) is 0 Å². The monoisotopic (exact) mass is 336 g/mol. The van der Waals surface area contributed by atoms with Gasteiger partial charge in [-0.15, -0.1) is 0 Å². The molecule has 0 aliphatic rings. The maximum Gasteiger partial charge on any atom is -0.0162 e. The van der Waals surface area contributed by atoms with Crippen molar-refractivity contribution in [1.82, 2.24) is 0 Å². The predicted molar refractivity (Wildman–Crippen MR) is 111 cm³/mol. The SMILES string of the molecule is CCC(CC(C)CCCCCC(C)c1ccccc1)c1ccccc1. The van der Waals surface area contributed by atoms with E-state index in [9.17, 15) is 0 Å². The van der Waals surface area contributed by atoms with Gasteiger partial charge in [-0.1, -0.05) is 107 Å². The molecule has 0 fully saturated rings. The lowest BCUT2D eigenvalue weighted by molar-refractivity contribution is 0.411. The van der Waals surface area contributed by atoms with Crippen LogP contribution >= 0.6 is 0 Å². The van der Waals surface area contributed by atoms with Crippen LogP contribution in [0.4, 0.5) is 0 Å². The van der Waals surface area contributed by atoms with Crippen LogP contribution in [0.15, 0.2) is 60.7 Å². The first-order chi connectivity index (χ1) is 12.2. The Hall–Kier alpha value is -1.56. The molecule has 0 radical (unpaired) electrons. The predicted octanol–water partition coefficient (Wildman–Crippen LogP) is 7.96. The molecular formula is C25H36. The summed E-state index contributed by atoms with van der Waals surface area (Å²) >= 11 is 0. The van der Waals surface area contributed by atoms with E-state index in [1.807, 2.05) is 0 Å². The summed E-state index contributed by atoms with van der Waals surface area (Å²) < 4.78 is 0. The van der Waals surface area contributed by atoms with Crippen LogP contribution < -0.4 is 0 Å². The molecule has 0 N–H and O–H groups in total. The van der Waals surface area contributed by atoms with Crippen molar-refractivity contribution in [3.63, 3.8) is 0 Å². The Morgan fingerprint density at radius 2 is 1.24 bits per heavy atom. The molecule has 3 unspecified atom stereocenters. The van der Waals surface area contributed by atoms with Gasteiger partial charge < -0.3 is 0 Å². The van der Waals surface area contributed by atoms with E-state index in [1.165, 1.54) is 56.1 Å². The minimum atomic E-state index is 0.696. The molecule has 0 nitrogen and oxygen atoms in total. The van der Waals surface area contributed by atoms with Gasteiger partial charge in [-0.3, -0.25) is 0 Å². The van der Waals surface area contributed by atoms with Crippen LogP contribution in [0, 0.1) is 5.92 Å². The first kappa shape index (κ1) is 19.8. The van der Waals surface area contributed by atoms with Crippen LogP contribution in [0.1, 0.15) is 88.7 Å². The molecule has 0 heterocycles. The van der Waals surface area contributed by atoms with Crippen LogP contribution in [0.3, 0.4) is 0 Å².